The van der Waals surface area contributed by atoms with E-state index in [0.29, 0.717) is 29.7 Å². The summed E-state index contributed by atoms with van der Waals surface area (Å²) in [5, 5.41) is 0. The fourth-order valence-electron chi connectivity index (χ4n) is 1.89. The standard InChI is InChI=1S/2C7H14O.C6H12O.2C5H10O.C4H8O.C3H6O/c1-6(2)4-5-7(3)8;1-3-4-5-6-7(2)8;1-3-4-5-6(2)7;1-4(2)5(3)6;1-3-4-5(2)6;1-3-4(2)5;1-3(2)4/h6H,4-5H2,1-3H3;3-6H2,1-2H3;3-5H2,1-2H3;4H,1-3H3;3-4H2,1-2H3;3H2,1-2H3;1-2H3. The maximum Gasteiger partial charge on any atom is 0.132 e. The van der Waals surface area contributed by atoms with E-state index in [1.807, 2.05) is 27.7 Å². The number of carbonyl (C=O) groups excluding carboxylic acids is 7. The zero-order valence-corrected chi connectivity index (χ0v) is 32.0. The first kappa shape index (κ1) is 57.4. The van der Waals surface area contributed by atoms with E-state index in [0.717, 1.165) is 57.8 Å². The summed E-state index contributed by atoms with van der Waals surface area (Å²) in [4.78, 5) is 70.3. The topological polar surface area (TPSA) is 119 Å². The van der Waals surface area contributed by atoms with Gasteiger partial charge in [-0.2, -0.15) is 0 Å². The zero-order valence-electron chi connectivity index (χ0n) is 32.0. The maximum atomic E-state index is 10.3. The molecular weight excluding hydrogens is 556 g/mol. The molecule has 0 bridgehead atoms. The Balaban J connectivity index is -0.0000000734. The van der Waals surface area contributed by atoms with Gasteiger partial charge >= 0.3 is 0 Å². The highest BCUT2D eigenvalue weighted by atomic mass is 16.1. The molecule has 0 spiro atoms. The lowest BCUT2D eigenvalue weighted by molar-refractivity contribution is -0.120. The minimum Gasteiger partial charge on any atom is -0.300 e. The van der Waals surface area contributed by atoms with Crippen molar-refractivity contribution < 1.29 is 33.6 Å². The van der Waals surface area contributed by atoms with Crippen LogP contribution in [0.3, 0.4) is 0 Å². The molecule has 0 unspecified atom stereocenters. The Morgan fingerprint density at radius 1 is 0.432 bits per heavy atom. The largest absolute Gasteiger partial charge is 0.300 e. The van der Waals surface area contributed by atoms with E-state index >= 15 is 0 Å². The molecule has 0 heterocycles. The minimum absolute atomic E-state index is 0.167. The molecule has 264 valence electrons. The molecule has 0 radical (unpaired) electrons. The van der Waals surface area contributed by atoms with Crippen LogP contribution in [0.5, 0.6) is 0 Å². The van der Waals surface area contributed by atoms with E-state index in [1.54, 1.807) is 41.5 Å². The average molecular weight is 631 g/mol. The van der Waals surface area contributed by atoms with Crippen molar-refractivity contribution >= 4 is 40.5 Å². The van der Waals surface area contributed by atoms with Gasteiger partial charge in [0.2, 0.25) is 0 Å². The van der Waals surface area contributed by atoms with Gasteiger partial charge < -0.3 is 28.8 Å². The molecule has 0 aliphatic heterocycles. The van der Waals surface area contributed by atoms with E-state index in [9.17, 15) is 33.6 Å². The van der Waals surface area contributed by atoms with Gasteiger partial charge in [0.15, 0.2) is 0 Å². The van der Waals surface area contributed by atoms with Gasteiger partial charge in [-0.15, -0.1) is 0 Å². The Bertz CT molecular complexity index is 701. The molecule has 7 nitrogen and oxygen atoms in total. The third-order valence-corrected chi connectivity index (χ3v) is 5.00. The molecule has 0 saturated carbocycles. The highest BCUT2D eigenvalue weighted by molar-refractivity contribution is 5.77. The summed E-state index contributed by atoms with van der Waals surface area (Å²) >= 11 is 0. The Labute approximate surface area is 273 Å². The van der Waals surface area contributed by atoms with Crippen molar-refractivity contribution in [3.05, 3.63) is 0 Å². The normalized spacial score (nSPS) is 8.77. The molecule has 0 rings (SSSR count). The summed E-state index contributed by atoms with van der Waals surface area (Å²) in [5.74, 6) is 2.78. The van der Waals surface area contributed by atoms with Crippen LogP contribution in [0.2, 0.25) is 0 Å². The van der Waals surface area contributed by atoms with Gasteiger partial charge in [0, 0.05) is 38.0 Å². The first-order valence-electron chi connectivity index (χ1n) is 16.5. The average Bonchev–Trinajstić information content (AvgIpc) is 2.87. The second-order valence-electron chi connectivity index (χ2n) is 11.8. The molecule has 0 atom stereocenters. The monoisotopic (exact) mass is 631 g/mol. The van der Waals surface area contributed by atoms with Crippen LogP contribution in [-0.4, -0.2) is 40.5 Å². The lowest BCUT2D eigenvalue weighted by Crippen LogP contribution is -1.98. The Kier molecular flexibility index (Phi) is 62.1. The highest BCUT2D eigenvalue weighted by Gasteiger charge is 1.96. The van der Waals surface area contributed by atoms with Crippen LogP contribution in [0.15, 0.2) is 0 Å². The molecular formula is C37H74O7. The van der Waals surface area contributed by atoms with Crippen LogP contribution in [0.25, 0.3) is 0 Å². The number of ketones is 7. The van der Waals surface area contributed by atoms with Crippen molar-refractivity contribution in [1.82, 2.24) is 0 Å². The Hall–Kier alpha value is -2.31. The van der Waals surface area contributed by atoms with Crippen LogP contribution in [0.4, 0.5) is 0 Å². The number of hydrogen-bond donors (Lipinski definition) is 0. The number of unbranched alkanes of at least 4 members (excludes halogenated alkanes) is 3. The summed E-state index contributed by atoms with van der Waals surface area (Å²) in [6, 6.07) is 0. The van der Waals surface area contributed by atoms with Crippen LogP contribution < -0.4 is 0 Å². The second kappa shape index (κ2) is 47.6. The van der Waals surface area contributed by atoms with Gasteiger partial charge in [0.1, 0.15) is 40.5 Å². The van der Waals surface area contributed by atoms with Gasteiger partial charge in [-0.3, -0.25) is 4.79 Å². The highest BCUT2D eigenvalue weighted by Crippen LogP contribution is 2.02. The van der Waals surface area contributed by atoms with E-state index in [2.05, 4.69) is 27.7 Å². The lowest BCUT2D eigenvalue weighted by atomic mass is 10.1. The molecule has 0 aromatic heterocycles. The van der Waals surface area contributed by atoms with Crippen molar-refractivity contribution in [1.29, 1.82) is 0 Å². The Morgan fingerprint density at radius 2 is 0.727 bits per heavy atom. The summed E-state index contributed by atoms with van der Waals surface area (Å²) in [7, 11) is 0. The van der Waals surface area contributed by atoms with Gasteiger partial charge in [0.25, 0.3) is 0 Å². The summed E-state index contributed by atoms with van der Waals surface area (Å²) in [6.45, 7) is 28.9. The van der Waals surface area contributed by atoms with Crippen LogP contribution in [-0.2, 0) is 33.6 Å². The Morgan fingerprint density at radius 3 is 0.841 bits per heavy atom. The minimum atomic E-state index is 0.167. The van der Waals surface area contributed by atoms with Gasteiger partial charge in [-0.25, -0.2) is 0 Å². The molecule has 0 N–H and O–H groups in total. The van der Waals surface area contributed by atoms with Gasteiger partial charge in [0.05, 0.1) is 0 Å². The molecule has 0 amide bonds. The van der Waals surface area contributed by atoms with Crippen molar-refractivity contribution in [2.24, 2.45) is 11.8 Å². The first-order chi connectivity index (χ1) is 20.1. The smallest absolute Gasteiger partial charge is 0.132 e. The fourth-order valence-corrected chi connectivity index (χ4v) is 1.89. The predicted molar refractivity (Wildman–Crippen MR) is 188 cm³/mol. The van der Waals surface area contributed by atoms with Gasteiger partial charge in [-0.05, 0) is 87.0 Å². The molecule has 0 aliphatic rings. The SMILES string of the molecule is CC(=O)C(C)C.CC(=O)CCC(C)C.CC(C)=O.CCC(C)=O.CCCC(C)=O.CCCCC(C)=O.CCCCCC(C)=O. The van der Waals surface area contributed by atoms with Crippen LogP contribution in [0, 0.1) is 11.8 Å². The van der Waals surface area contributed by atoms with Crippen LogP contribution >= 0.6 is 0 Å². The molecule has 0 aliphatic carbocycles. The van der Waals surface area contributed by atoms with Crippen molar-refractivity contribution in [2.45, 2.75) is 188 Å². The molecule has 7 heteroatoms. The van der Waals surface area contributed by atoms with Crippen LogP contribution in [0.1, 0.15) is 188 Å². The van der Waals surface area contributed by atoms with Crippen molar-refractivity contribution in [3.8, 4) is 0 Å². The van der Waals surface area contributed by atoms with E-state index in [1.165, 1.54) is 26.7 Å². The number of carbonyl (C=O) groups is 7. The number of Topliss-reactive ketones (excluding diaryl/α,β-unsaturated/α-hetero) is 7. The maximum absolute atomic E-state index is 10.3. The predicted octanol–water partition coefficient (Wildman–Crippen LogP) is 10.1. The summed E-state index contributed by atoms with van der Waals surface area (Å²) in [6.07, 6.45) is 11.3. The molecule has 0 aromatic carbocycles. The molecule has 0 saturated heterocycles. The zero-order chi connectivity index (χ0) is 36.7. The quantitative estimate of drug-likeness (QED) is 0.175. The van der Waals surface area contributed by atoms with Gasteiger partial charge in [-0.1, -0.05) is 74.7 Å². The fraction of sp³-hybridized carbons (Fsp3) is 0.811. The number of rotatable bonds is 14. The van der Waals surface area contributed by atoms with Crippen molar-refractivity contribution in [2.75, 3.05) is 0 Å². The third kappa shape index (κ3) is 139. The van der Waals surface area contributed by atoms with E-state index in [-0.39, 0.29) is 29.1 Å². The van der Waals surface area contributed by atoms with Crippen molar-refractivity contribution in [3.63, 3.8) is 0 Å². The molecule has 0 fully saturated rings. The summed E-state index contributed by atoms with van der Waals surface area (Å²) < 4.78 is 0. The third-order valence-electron chi connectivity index (χ3n) is 5.00. The molecule has 44 heavy (non-hydrogen) atoms. The van der Waals surface area contributed by atoms with E-state index < -0.39 is 0 Å². The summed E-state index contributed by atoms with van der Waals surface area (Å²) in [5.41, 5.74) is 0. The second-order valence-corrected chi connectivity index (χ2v) is 11.8. The first-order valence-corrected chi connectivity index (χ1v) is 16.5. The lowest BCUT2D eigenvalue weighted by Gasteiger charge is -1.98. The number of hydrogen-bond acceptors (Lipinski definition) is 7. The molecule has 0 aromatic rings. The van der Waals surface area contributed by atoms with E-state index in [4.69, 9.17) is 0 Å².